The van der Waals surface area contributed by atoms with Gasteiger partial charge in [-0.05, 0) is 40.5 Å². The molecule has 0 saturated heterocycles. The molecule has 0 radical (unpaired) electrons. The quantitative estimate of drug-likeness (QED) is 0.237. The lowest BCUT2D eigenvalue weighted by atomic mass is 9.82. The molecule has 0 bridgehead atoms. The van der Waals surface area contributed by atoms with Crippen LogP contribution < -0.4 is 0 Å². The van der Waals surface area contributed by atoms with Crippen LogP contribution in [0.2, 0.25) is 0 Å². The fourth-order valence-corrected chi connectivity index (χ4v) is 6.00. The Labute approximate surface area is 230 Å². The lowest BCUT2D eigenvalue weighted by molar-refractivity contribution is 0.656. The minimum atomic E-state index is -0.214. The first-order valence-corrected chi connectivity index (χ1v) is 13.3. The Morgan fingerprint density at radius 2 is 1.27 bits per heavy atom. The molecule has 4 aromatic carbocycles. The number of benzene rings is 4. The predicted molar refractivity (Wildman–Crippen MR) is 157 cm³/mol. The largest absolute Gasteiger partial charge is 0.456 e. The number of hydrogen-bond acceptors (Lipinski definition) is 6. The van der Waals surface area contributed by atoms with Gasteiger partial charge in [0.15, 0.2) is 17.5 Å². The molecular formula is C34H23N5O. The Kier molecular flexibility index (Phi) is 4.76. The van der Waals surface area contributed by atoms with Gasteiger partial charge in [0, 0.05) is 39.7 Å². The van der Waals surface area contributed by atoms with E-state index >= 15 is 0 Å². The van der Waals surface area contributed by atoms with Gasteiger partial charge in [-0.2, -0.15) is 0 Å². The molecule has 0 fully saturated rings. The van der Waals surface area contributed by atoms with Crippen LogP contribution in [0.3, 0.4) is 0 Å². The molecular weight excluding hydrogens is 494 g/mol. The Bertz CT molecular complexity index is 2020. The number of aromatic nitrogens is 5. The fourth-order valence-electron chi connectivity index (χ4n) is 6.00. The molecule has 190 valence electrons. The molecule has 0 N–H and O–H groups in total. The Hall–Kier alpha value is -5.23. The molecule has 6 heteroatoms. The molecule has 0 aliphatic heterocycles. The molecule has 0 saturated carbocycles. The van der Waals surface area contributed by atoms with Crippen molar-refractivity contribution in [3.63, 3.8) is 0 Å². The van der Waals surface area contributed by atoms with Gasteiger partial charge in [-0.25, -0.2) is 24.9 Å². The van der Waals surface area contributed by atoms with E-state index in [9.17, 15) is 0 Å². The maximum Gasteiger partial charge on any atom is 0.201 e. The first-order valence-electron chi connectivity index (χ1n) is 13.3. The van der Waals surface area contributed by atoms with Crippen molar-refractivity contribution in [3.8, 4) is 45.6 Å². The van der Waals surface area contributed by atoms with Crippen molar-refractivity contribution in [2.45, 2.75) is 19.3 Å². The summed E-state index contributed by atoms with van der Waals surface area (Å²) in [4.78, 5) is 23.7. The van der Waals surface area contributed by atoms with Gasteiger partial charge in [-0.3, -0.25) is 0 Å². The van der Waals surface area contributed by atoms with Crippen molar-refractivity contribution >= 4 is 21.9 Å². The molecule has 1 aliphatic carbocycles. The maximum absolute atomic E-state index is 6.30. The summed E-state index contributed by atoms with van der Waals surface area (Å²) in [6, 6.07) is 30.7. The van der Waals surface area contributed by atoms with Crippen LogP contribution in [-0.2, 0) is 5.41 Å². The molecule has 0 unspecified atom stereocenters. The zero-order valence-electron chi connectivity index (χ0n) is 22.0. The van der Waals surface area contributed by atoms with Crippen LogP contribution in [0.5, 0.6) is 0 Å². The second-order valence-corrected chi connectivity index (χ2v) is 10.6. The van der Waals surface area contributed by atoms with Crippen LogP contribution >= 0.6 is 0 Å². The molecule has 0 atom stereocenters. The van der Waals surface area contributed by atoms with E-state index in [4.69, 9.17) is 19.4 Å². The summed E-state index contributed by atoms with van der Waals surface area (Å²) in [7, 11) is 0. The highest BCUT2D eigenvalue weighted by atomic mass is 16.3. The van der Waals surface area contributed by atoms with Crippen LogP contribution in [0.15, 0.2) is 108 Å². The van der Waals surface area contributed by atoms with E-state index in [1.165, 1.54) is 16.7 Å². The number of hydrogen-bond donors (Lipinski definition) is 0. The molecule has 3 heterocycles. The number of nitrogens with zero attached hydrogens (tertiary/aromatic N) is 5. The zero-order chi connectivity index (χ0) is 26.8. The summed E-state index contributed by atoms with van der Waals surface area (Å²) in [6.07, 6.45) is 3.40. The number of furan rings is 1. The van der Waals surface area contributed by atoms with Crippen LogP contribution in [0.4, 0.5) is 0 Å². The van der Waals surface area contributed by atoms with Crippen molar-refractivity contribution < 1.29 is 4.42 Å². The molecule has 8 rings (SSSR count). The monoisotopic (exact) mass is 517 g/mol. The van der Waals surface area contributed by atoms with E-state index in [0.717, 1.165) is 38.6 Å². The molecule has 6 nitrogen and oxygen atoms in total. The van der Waals surface area contributed by atoms with Crippen LogP contribution in [0.1, 0.15) is 25.0 Å². The summed E-state index contributed by atoms with van der Waals surface area (Å²) < 4.78 is 6.30. The Morgan fingerprint density at radius 3 is 2.12 bits per heavy atom. The highest BCUT2D eigenvalue weighted by molar-refractivity contribution is 6.16. The van der Waals surface area contributed by atoms with Gasteiger partial charge in [-0.15, -0.1) is 0 Å². The van der Waals surface area contributed by atoms with E-state index in [-0.39, 0.29) is 5.41 Å². The summed E-state index contributed by atoms with van der Waals surface area (Å²) in [5, 5.41) is 2.23. The van der Waals surface area contributed by atoms with Crippen molar-refractivity contribution in [3.05, 3.63) is 115 Å². The predicted octanol–water partition coefficient (Wildman–Crippen LogP) is 7.87. The smallest absolute Gasteiger partial charge is 0.201 e. The zero-order valence-corrected chi connectivity index (χ0v) is 22.0. The standard InChI is InChI=1S/C34H23N5O/c1-34(2)23-14-8-13-22(27(23)29-24(34)16-17-26-28(29)21-12-6-7-15-25(21)40-26)31-37-30(20-10-4-3-5-11-20)38-33(39-31)32-35-18-9-19-36-32/h3-19H,1-2H3. The van der Waals surface area contributed by atoms with Crippen LogP contribution in [-0.4, -0.2) is 24.9 Å². The van der Waals surface area contributed by atoms with E-state index < -0.39 is 0 Å². The second-order valence-electron chi connectivity index (χ2n) is 10.6. The van der Waals surface area contributed by atoms with E-state index in [1.54, 1.807) is 18.5 Å². The second kappa shape index (κ2) is 8.38. The van der Waals surface area contributed by atoms with Crippen molar-refractivity contribution in [1.29, 1.82) is 0 Å². The Morgan fingerprint density at radius 1 is 0.550 bits per heavy atom. The van der Waals surface area contributed by atoms with Gasteiger partial charge in [-0.1, -0.05) is 86.6 Å². The molecule has 0 amide bonds. The number of para-hydroxylation sites is 1. The lowest BCUT2D eigenvalue weighted by Crippen LogP contribution is -2.14. The SMILES string of the molecule is CC1(C)c2cccc(-c3nc(-c4ccccc4)nc(-c4ncccn4)n3)c2-c2c1ccc1oc3ccccc3c21. The fraction of sp³-hybridized carbons (Fsp3) is 0.0882. The third-order valence-electron chi connectivity index (χ3n) is 7.88. The van der Waals surface area contributed by atoms with E-state index in [0.29, 0.717) is 23.3 Å². The van der Waals surface area contributed by atoms with Crippen molar-refractivity contribution in [2.24, 2.45) is 0 Å². The highest BCUT2D eigenvalue weighted by Gasteiger charge is 2.39. The molecule has 0 spiro atoms. The lowest BCUT2D eigenvalue weighted by Gasteiger charge is -2.21. The summed E-state index contributed by atoms with van der Waals surface area (Å²) in [5.74, 6) is 2.06. The van der Waals surface area contributed by atoms with Gasteiger partial charge in [0.2, 0.25) is 5.82 Å². The third kappa shape index (κ3) is 3.26. The molecule has 7 aromatic rings. The minimum absolute atomic E-state index is 0.214. The summed E-state index contributed by atoms with van der Waals surface area (Å²) >= 11 is 0. The third-order valence-corrected chi connectivity index (χ3v) is 7.88. The van der Waals surface area contributed by atoms with E-state index in [1.807, 2.05) is 42.5 Å². The van der Waals surface area contributed by atoms with Gasteiger partial charge < -0.3 is 4.42 Å². The van der Waals surface area contributed by atoms with Gasteiger partial charge in [0.05, 0.1) is 0 Å². The van der Waals surface area contributed by atoms with Crippen LogP contribution in [0, 0.1) is 0 Å². The summed E-state index contributed by atoms with van der Waals surface area (Å²) in [5.41, 5.74) is 8.19. The maximum atomic E-state index is 6.30. The Balaban J connectivity index is 1.46. The van der Waals surface area contributed by atoms with E-state index in [2.05, 4.69) is 66.3 Å². The van der Waals surface area contributed by atoms with Crippen LogP contribution in [0.25, 0.3) is 67.5 Å². The first-order chi connectivity index (χ1) is 19.6. The molecule has 40 heavy (non-hydrogen) atoms. The number of fused-ring (bicyclic) bond motifs is 7. The van der Waals surface area contributed by atoms with Crippen molar-refractivity contribution in [2.75, 3.05) is 0 Å². The average Bonchev–Trinajstić information content (AvgIpc) is 3.50. The first kappa shape index (κ1) is 22.7. The van der Waals surface area contributed by atoms with Gasteiger partial charge in [0.25, 0.3) is 0 Å². The van der Waals surface area contributed by atoms with Crippen molar-refractivity contribution in [1.82, 2.24) is 24.9 Å². The highest BCUT2D eigenvalue weighted by Crippen LogP contribution is 2.55. The molecule has 3 aromatic heterocycles. The minimum Gasteiger partial charge on any atom is -0.456 e. The number of rotatable bonds is 3. The van der Waals surface area contributed by atoms with Gasteiger partial charge >= 0.3 is 0 Å². The normalized spacial score (nSPS) is 13.4. The van der Waals surface area contributed by atoms with Gasteiger partial charge in [0.1, 0.15) is 11.2 Å². The average molecular weight is 518 g/mol. The summed E-state index contributed by atoms with van der Waals surface area (Å²) in [6.45, 7) is 4.56. The molecule has 1 aliphatic rings. The topological polar surface area (TPSA) is 77.6 Å².